The molecule has 0 amide bonds. The molecule has 1 N–H and O–H groups in total. The van der Waals surface area contributed by atoms with E-state index in [0.717, 1.165) is 12.2 Å². The smallest absolute Gasteiger partial charge is 0.119 e. The van der Waals surface area contributed by atoms with E-state index in [1.165, 1.54) is 5.56 Å². The molecule has 0 aliphatic heterocycles. The molecule has 0 aliphatic carbocycles. The minimum atomic E-state index is 0.322. The first-order valence-electron chi connectivity index (χ1n) is 5.32. The van der Waals surface area contributed by atoms with Gasteiger partial charge in [-0.25, -0.2) is 0 Å². The van der Waals surface area contributed by atoms with Gasteiger partial charge in [-0.3, -0.25) is 0 Å². The van der Waals surface area contributed by atoms with Crippen molar-refractivity contribution in [2.45, 2.75) is 19.4 Å². The van der Waals surface area contributed by atoms with Crippen molar-refractivity contribution in [3.63, 3.8) is 0 Å². The van der Waals surface area contributed by atoms with Gasteiger partial charge in [-0.15, -0.1) is 6.58 Å². The van der Waals surface area contributed by atoms with E-state index in [0.29, 0.717) is 12.6 Å². The van der Waals surface area contributed by atoms with Crippen LogP contribution in [0.5, 0.6) is 5.75 Å². The number of ether oxygens (including phenoxy) is 1. The van der Waals surface area contributed by atoms with Crippen LogP contribution in [0, 0.1) is 0 Å². The standard InChI is InChI=1S/C13H19NO/c1-4-7-13(14-3)11-8-6-9-12(10-11)15-5-2/h4,6,8-10,13-14H,1,5,7H2,2-3H3. The maximum absolute atomic E-state index is 5.47. The summed E-state index contributed by atoms with van der Waals surface area (Å²) in [5, 5.41) is 3.26. The number of rotatable bonds is 6. The van der Waals surface area contributed by atoms with Gasteiger partial charge in [0.25, 0.3) is 0 Å². The Morgan fingerprint density at radius 2 is 2.33 bits per heavy atom. The molecule has 15 heavy (non-hydrogen) atoms. The lowest BCUT2D eigenvalue weighted by Gasteiger charge is -2.15. The third-order valence-electron chi connectivity index (χ3n) is 2.32. The third-order valence-corrected chi connectivity index (χ3v) is 2.32. The summed E-state index contributed by atoms with van der Waals surface area (Å²) in [4.78, 5) is 0. The molecule has 82 valence electrons. The summed E-state index contributed by atoms with van der Waals surface area (Å²) in [7, 11) is 1.96. The topological polar surface area (TPSA) is 21.3 Å². The van der Waals surface area contributed by atoms with Gasteiger partial charge < -0.3 is 10.1 Å². The molecule has 1 aromatic carbocycles. The highest BCUT2D eigenvalue weighted by molar-refractivity contribution is 5.30. The fraction of sp³-hybridized carbons (Fsp3) is 0.385. The van der Waals surface area contributed by atoms with Crippen molar-refractivity contribution in [1.82, 2.24) is 5.32 Å². The molecule has 0 saturated carbocycles. The number of hydrogen-bond acceptors (Lipinski definition) is 2. The zero-order chi connectivity index (χ0) is 11.1. The summed E-state index contributed by atoms with van der Waals surface area (Å²) < 4.78 is 5.47. The number of hydrogen-bond donors (Lipinski definition) is 1. The van der Waals surface area contributed by atoms with E-state index in [1.807, 2.05) is 32.2 Å². The lowest BCUT2D eigenvalue weighted by Crippen LogP contribution is -2.15. The van der Waals surface area contributed by atoms with Gasteiger partial charge in [0.2, 0.25) is 0 Å². The van der Waals surface area contributed by atoms with Gasteiger partial charge in [0.1, 0.15) is 5.75 Å². The van der Waals surface area contributed by atoms with Gasteiger partial charge >= 0.3 is 0 Å². The summed E-state index contributed by atoms with van der Waals surface area (Å²) in [6.45, 7) is 6.46. The Balaban J connectivity index is 2.81. The Bertz CT molecular complexity index is 309. The van der Waals surface area contributed by atoms with Crippen LogP contribution in [0.3, 0.4) is 0 Å². The van der Waals surface area contributed by atoms with Crippen molar-refractivity contribution in [3.8, 4) is 5.75 Å². The molecule has 0 heterocycles. The first-order chi connectivity index (χ1) is 7.31. The maximum Gasteiger partial charge on any atom is 0.119 e. The minimum absolute atomic E-state index is 0.322. The number of nitrogens with one attached hydrogen (secondary N) is 1. The zero-order valence-electron chi connectivity index (χ0n) is 9.49. The molecule has 1 rings (SSSR count). The molecule has 1 unspecified atom stereocenters. The van der Waals surface area contributed by atoms with Crippen molar-refractivity contribution in [2.24, 2.45) is 0 Å². The average Bonchev–Trinajstić information content (AvgIpc) is 2.27. The number of benzene rings is 1. The van der Waals surface area contributed by atoms with Crippen molar-refractivity contribution in [2.75, 3.05) is 13.7 Å². The first-order valence-corrected chi connectivity index (χ1v) is 5.32. The molecule has 0 aliphatic rings. The van der Waals surface area contributed by atoms with E-state index in [2.05, 4.69) is 24.0 Å². The molecule has 0 saturated heterocycles. The van der Waals surface area contributed by atoms with Crippen molar-refractivity contribution < 1.29 is 4.74 Å². The summed E-state index contributed by atoms with van der Waals surface area (Å²) in [6.07, 6.45) is 2.85. The van der Waals surface area contributed by atoms with Gasteiger partial charge in [0, 0.05) is 6.04 Å². The van der Waals surface area contributed by atoms with Crippen LogP contribution in [0.4, 0.5) is 0 Å². The predicted molar refractivity (Wildman–Crippen MR) is 64.2 cm³/mol. The third kappa shape index (κ3) is 3.40. The Labute approximate surface area is 92.0 Å². The molecule has 0 aromatic heterocycles. The van der Waals surface area contributed by atoms with Gasteiger partial charge in [-0.2, -0.15) is 0 Å². The van der Waals surface area contributed by atoms with Crippen molar-refractivity contribution >= 4 is 0 Å². The van der Waals surface area contributed by atoms with Gasteiger partial charge in [0.05, 0.1) is 6.61 Å². The molecule has 0 spiro atoms. The van der Waals surface area contributed by atoms with Crippen LogP contribution in [-0.2, 0) is 0 Å². The predicted octanol–water partition coefficient (Wildman–Crippen LogP) is 2.92. The second kappa shape index (κ2) is 6.25. The molecule has 2 nitrogen and oxygen atoms in total. The van der Waals surface area contributed by atoms with Crippen LogP contribution in [0.2, 0.25) is 0 Å². The molecule has 0 radical (unpaired) electrons. The van der Waals surface area contributed by atoms with E-state index < -0.39 is 0 Å². The normalized spacial score (nSPS) is 12.1. The van der Waals surface area contributed by atoms with Crippen molar-refractivity contribution in [3.05, 3.63) is 42.5 Å². The lowest BCUT2D eigenvalue weighted by molar-refractivity contribution is 0.339. The van der Waals surface area contributed by atoms with Gasteiger partial charge in [0.15, 0.2) is 0 Å². The summed E-state index contributed by atoms with van der Waals surface area (Å²) in [5.41, 5.74) is 1.24. The highest BCUT2D eigenvalue weighted by atomic mass is 16.5. The molecular formula is C13H19NO. The molecule has 0 bridgehead atoms. The van der Waals surface area contributed by atoms with E-state index in [4.69, 9.17) is 4.74 Å². The molecular weight excluding hydrogens is 186 g/mol. The van der Waals surface area contributed by atoms with E-state index in [9.17, 15) is 0 Å². The van der Waals surface area contributed by atoms with E-state index in [-0.39, 0.29) is 0 Å². The zero-order valence-corrected chi connectivity index (χ0v) is 9.49. The van der Waals surface area contributed by atoms with Gasteiger partial charge in [-0.05, 0) is 38.1 Å². The van der Waals surface area contributed by atoms with Crippen LogP contribution >= 0.6 is 0 Å². The lowest BCUT2D eigenvalue weighted by atomic mass is 10.0. The summed E-state index contributed by atoms with van der Waals surface area (Å²) in [6, 6.07) is 8.51. The second-order valence-corrected chi connectivity index (χ2v) is 3.37. The monoisotopic (exact) mass is 205 g/mol. The summed E-state index contributed by atoms with van der Waals surface area (Å²) >= 11 is 0. The molecule has 1 atom stereocenters. The van der Waals surface area contributed by atoms with E-state index in [1.54, 1.807) is 0 Å². The van der Waals surface area contributed by atoms with Crippen LogP contribution in [0.25, 0.3) is 0 Å². The van der Waals surface area contributed by atoms with Crippen LogP contribution in [0.15, 0.2) is 36.9 Å². The first kappa shape index (κ1) is 11.8. The summed E-state index contributed by atoms with van der Waals surface area (Å²) in [5.74, 6) is 0.930. The Hall–Kier alpha value is -1.28. The average molecular weight is 205 g/mol. The largest absolute Gasteiger partial charge is 0.494 e. The fourth-order valence-corrected chi connectivity index (χ4v) is 1.58. The Kier molecular flexibility index (Phi) is 4.91. The Morgan fingerprint density at radius 1 is 1.53 bits per heavy atom. The van der Waals surface area contributed by atoms with Crippen molar-refractivity contribution in [1.29, 1.82) is 0 Å². The maximum atomic E-state index is 5.47. The SMILES string of the molecule is C=CCC(NC)c1cccc(OCC)c1. The van der Waals surface area contributed by atoms with E-state index >= 15 is 0 Å². The minimum Gasteiger partial charge on any atom is -0.494 e. The van der Waals surface area contributed by atoms with Crippen LogP contribution < -0.4 is 10.1 Å². The quantitative estimate of drug-likeness (QED) is 0.721. The highest BCUT2D eigenvalue weighted by Gasteiger charge is 2.07. The molecule has 2 heteroatoms. The van der Waals surface area contributed by atoms with Crippen LogP contribution in [-0.4, -0.2) is 13.7 Å². The second-order valence-electron chi connectivity index (χ2n) is 3.37. The fourth-order valence-electron chi connectivity index (χ4n) is 1.58. The van der Waals surface area contributed by atoms with Gasteiger partial charge in [-0.1, -0.05) is 18.2 Å². The Morgan fingerprint density at radius 3 is 2.93 bits per heavy atom. The molecule has 1 aromatic rings. The highest BCUT2D eigenvalue weighted by Crippen LogP contribution is 2.21. The molecule has 0 fully saturated rings. The van der Waals surface area contributed by atoms with Crippen LogP contribution in [0.1, 0.15) is 24.9 Å².